The smallest absolute Gasteiger partial charge is 0.203 e. The summed E-state index contributed by atoms with van der Waals surface area (Å²) in [6, 6.07) is 22.2. The molecular formula is C29H36N2O3. The highest BCUT2D eigenvalue weighted by atomic mass is 16.5. The van der Waals surface area contributed by atoms with Crippen LogP contribution in [0.1, 0.15) is 29.7 Å². The zero-order valence-corrected chi connectivity index (χ0v) is 21.0. The Morgan fingerprint density at radius 3 is 2.12 bits per heavy atom. The van der Waals surface area contributed by atoms with Crippen LogP contribution in [-0.2, 0) is 6.54 Å². The first-order valence-corrected chi connectivity index (χ1v) is 11.9. The van der Waals surface area contributed by atoms with Crippen molar-refractivity contribution < 1.29 is 14.2 Å². The largest absolute Gasteiger partial charge is 0.493 e. The van der Waals surface area contributed by atoms with Gasteiger partial charge in [0.25, 0.3) is 0 Å². The number of benzene rings is 3. The summed E-state index contributed by atoms with van der Waals surface area (Å²) < 4.78 is 16.7. The Hall–Kier alpha value is -3.02. The third-order valence-corrected chi connectivity index (χ3v) is 6.89. The molecular weight excluding hydrogens is 424 g/mol. The summed E-state index contributed by atoms with van der Waals surface area (Å²) in [6.07, 6.45) is 0. The lowest BCUT2D eigenvalue weighted by Crippen LogP contribution is -2.46. The molecule has 5 heteroatoms. The standard InChI is InChI=1S/C29H36N2O3/c1-21-9-11-23(12-10-21)25-8-6-7-24(19-25)22(2)31-17-15-30(16-18-31)20-26-13-14-27(32-3)29(34-5)28(26)33-4/h6-14,19,22H,15-18,20H2,1-5H3. The van der Waals surface area contributed by atoms with Crippen LogP contribution in [0.4, 0.5) is 0 Å². The molecule has 34 heavy (non-hydrogen) atoms. The van der Waals surface area contributed by atoms with E-state index in [0.29, 0.717) is 17.5 Å². The van der Waals surface area contributed by atoms with Crippen LogP contribution in [0.5, 0.6) is 17.2 Å². The van der Waals surface area contributed by atoms with E-state index in [0.717, 1.165) is 44.0 Å². The lowest BCUT2D eigenvalue weighted by molar-refractivity contribution is 0.0972. The second-order valence-corrected chi connectivity index (χ2v) is 8.97. The highest BCUT2D eigenvalue weighted by Gasteiger charge is 2.24. The molecule has 3 aromatic carbocycles. The molecule has 1 fully saturated rings. The van der Waals surface area contributed by atoms with Crippen LogP contribution in [0.15, 0.2) is 60.7 Å². The van der Waals surface area contributed by atoms with Gasteiger partial charge in [0.2, 0.25) is 5.75 Å². The molecule has 0 amide bonds. The van der Waals surface area contributed by atoms with Crippen LogP contribution in [0.2, 0.25) is 0 Å². The van der Waals surface area contributed by atoms with Gasteiger partial charge in [-0.2, -0.15) is 0 Å². The lowest BCUT2D eigenvalue weighted by atomic mass is 9.98. The SMILES string of the molecule is COc1ccc(CN2CCN(C(C)c3cccc(-c4ccc(C)cc4)c3)CC2)c(OC)c1OC. The van der Waals surface area contributed by atoms with Gasteiger partial charge in [-0.05, 0) is 42.7 Å². The number of hydrogen-bond donors (Lipinski definition) is 0. The zero-order valence-electron chi connectivity index (χ0n) is 21.0. The van der Waals surface area contributed by atoms with Crippen molar-refractivity contribution in [2.75, 3.05) is 47.5 Å². The molecule has 1 atom stereocenters. The van der Waals surface area contributed by atoms with Crippen LogP contribution in [-0.4, -0.2) is 57.3 Å². The fourth-order valence-corrected chi connectivity index (χ4v) is 4.77. The summed E-state index contributed by atoms with van der Waals surface area (Å²) in [5.74, 6) is 2.10. The molecule has 1 saturated heterocycles. The quantitative estimate of drug-likeness (QED) is 0.439. The summed E-state index contributed by atoms with van der Waals surface area (Å²) in [5, 5.41) is 0. The molecule has 1 unspecified atom stereocenters. The molecule has 3 aromatic rings. The molecule has 0 bridgehead atoms. The van der Waals surface area contributed by atoms with Crippen LogP contribution in [0.3, 0.4) is 0 Å². The van der Waals surface area contributed by atoms with Crippen molar-refractivity contribution in [3.8, 4) is 28.4 Å². The second kappa shape index (κ2) is 10.9. The molecule has 1 heterocycles. The van der Waals surface area contributed by atoms with Gasteiger partial charge in [0.15, 0.2) is 11.5 Å². The summed E-state index contributed by atoms with van der Waals surface area (Å²) in [6.45, 7) is 9.37. The van der Waals surface area contributed by atoms with E-state index < -0.39 is 0 Å². The summed E-state index contributed by atoms with van der Waals surface area (Å²) >= 11 is 0. The predicted octanol–water partition coefficient (Wildman–Crippen LogP) is 5.57. The fourth-order valence-electron chi connectivity index (χ4n) is 4.77. The van der Waals surface area contributed by atoms with E-state index in [-0.39, 0.29) is 0 Å². The third-order valence-electron chi connectivity index (χ3n) is 6.89. The molecule has 0 radical (unpaired) electrons. The van der Waals surface area contributed by atoms with E-state index in [4.69, 9.17) is 14.2 Å². The van der Waals surface area contributed by atoms with E-state index in [9.17, 15) is 0 Å². The first-order valence-electron chi connectivity index (χ1n) is 11.9. The van der Waals surface area contributed by atoms with Gasteiger partial charge in [0.1, 0.15) is 0 Å². The summed E-state index contributed by atoms with van der Waals surface area (Å²) in [7, 11) is 4.98. The van der Waals surface area contributed by atoms with Crippen LogP contribution in [0, 0.1) is 6.92 Å². The van der Waals surface area contributed by atoms with Crippen LogP contribution in [0.25, 0.3) is 11.1 Å². The predicted molar refractivity (Wildman–Crippen MR) is 138 cm³/mol. The van der Waals surface area contributed by atoms with Gasteiger partial charge < -0.3 is 14.2 Å². The van der Waals surface area contributed by atoms with E-state index >= 15 is 0 Å². The van der Waals surface area contributed by atoms with Gasteiger partial charge in [-0.3, -0.25) is 9.80 Å². The normalized spacial score (nSPS) is 15.7. The van der Waals surface area contributed by atoms with Gasteiger partial charge >= 0.3 is 0 Å². The number of ether oxygens (including phenoxy) is 3. The lowest BCUT2D eigenvalue weighted by Gasteiger charge is -2.38. The minimum absolute atomic E-state index is 0.378. The number of piperazine rings is 1. The molecule has 0 aliphatic carbocycles. The van der Waals surface area contributed by atoms with Crippen molar-refractivity contribution >= 4 is 0 Å². The van der Waals surface area contributed by atoms with Crippen molar-refractivity contribution in [1.82, 2.24) is 9.80 Å². The van der Waals surface area contributed by atoms with Crippen molar-refractivity contribution in [1.29, 1.82) is 0 Å². The van der Waals surface area contributed by atoms with Crippen molar-refractivity contribution in [2.45, 2.75) is 26.4 Å². The Bertz CT molecular complexity index is 1090. The summed E-state index contributed by atoms with van der Waals surface area (Å²) in [4.78, 5) is 5.06. The van der Waals surface area contributed by atoms with E-state index in [1.54, 1.807) is 21.3 Å². The van der Waals surface area contributed by atoms with Crippen molar-refractivity contribution in [3.05, 3.63) is 77.4 Å². The third kappa shape index (κ3) is 5.21. The number of aryl methyl sites for hydroxylation is 1. The molecule has 1 aliphatic rings. The Morgan fingerprint density at radius 1 is 0.765 bits per heavy atom. The van der Waals surface area contributed by atoms with Crippen LogP contribution >= 0.6 is 0 Å². The first kappa shape index (κ1) is 24.1. The van der Waals surface area contributed by atoms with Gasteiger partial charge in [0, 0.05) is 44.3 Å². The highest BCUT2D eigenvalue weighted by Crippen LogP contribution is 2.40. The van der Waals surface area contributed by atoms with Crippen molar-refractivity contribution in [2.24, 2.45) is 0 Å². The molecule has 180 valence electrons. The minimum Gasteiger partial charge on any atom is -0.493 e. The number of rotatable bonds is 8. The molecule has 0 spiro atoms. The maximum absolute atomic E-state index is 5.68. The summed E-state index contributed by atoms with van der Waals surface area (Å²) in [5.41, 5.74) is 6.33. The second-order valence-electron chi connectivity index (χ2n) is 8.97. The van der Waals surface area contributed by atoms with E-state index in [1.165, 1.54) is 22.3 Å². The fraction of sp³-hybridized carbons (Fsp3) is 0.379. The maximum atomic E-state index is 5.68. The Kier molecular flexibility index (Phi) is 7.76. The number of hydrogen-bond acceptors (Lipinski definition) is 5. The van der Waals surface area contributed by atoms with Crippen molar-refractivity contribution in [3.63, 3.8) is 0 Å². The average molecular weight is 461 g/mol. The molecule has 4 rings (SSSR count). The number of nitrogens with zero attached hydrogens (tertiary/aromatic N) is 2. The molecule has 0 aromatic heterocycles. The monoisotopic (exact) mass is 460 g/mol. The van der Waals surface area contributed by atoms with Gasteiger partial charge in [-0.25, -0.2) is 0 Å². The zero-order chi connectivity index (χ0) is 24.1. The molecule has 5 nitrogen and oxygen atoms in total. The maximum Gasteiger partial charge on any atom is 0.203 e. The Morgan fingerprint density at radius 2 is 1.47 bits per heavy atom. The highest BCUT2D eigenvalue weighted by molar-refractivity contribution is 5.64. The minimum atomic E-state index is 0.378. The van der Waals surface area contributed by atoms with Gasteiger partial charge in [0.05, 0.1) is 21.3 Å². The van der Waals surface area contributed by atoms with E-state index in [2.05, 4.69) is 78.2 Å². The topological polar surface area (TPSA) is 34.2 Å². The average Bonchev–Trinajstić information content (AvgIpc) is 2.88. The van der Waals surface area contributed by atoms with E-state index in [1.807, 2.05) is 6.07 Å². The van der Waals surface area contributed by atoms with Gasteiger partial charge in [-0.15, -0.1) is 0 Å². The molecule has 0 saturated carbocycles. The Balaban J connectivity index is 1.41. The van der Waals surface area contributed by atoms with Crippen LogP contribution < -0.4 is 14.2 Å². The molecule has 0 N–H and O–H groups in total. The number of methoxy groups -OCH3 is 3. The molecule has 1 aliphatic heterocycles. The van der Waals surface area contributed by atoms with Gasteiger partial charge in [-0.1, -0.05) is 54.1 Å². The first-order chi connectivity index (χ1) is 16.5. The Labute approximate surface area is 203 Å².